The predicted octanol–water partition coefficient (Wildman–Crippen LogP) is 16.5. The molecule has 0 aromatic heterocycles. The molecule has 0 unspecified atom stereocenters. The molecular formula is C49H101NO2. The second kappa shape index (κ2) is 47.0. The van der Waals surface area contributed by atoms with Crippen molar-refractivity contribution in [2.75, 3.05) is 47.1 Å². The van der Waals surface area contributed by atoms with Gasteiger partial charge in [0.25, 0.3) is 0 Å². The minimum atomic E-state index is 0.705. The van der Waals surface area contributed by atoms with Gasteiger partial charge >= 0.3 is 0 Å². The fourth-order valence-corrected chi connectivity index (χ4v) is 8.21. The van der Waals surface area contributed by atoms with Gasteiger partial charge in [0.1, 0.15) is 0 Å². The van der Waals surface area contributed by atoms with E-state index in [4.69, 9.17) is 9.47 Å². The van der Waals surface area contributed by atoms with Crippen LogP contribution in [-0.2, 0) is 9.47 Å². The lowest BCUT2D eigenvalue weighted by Gasteiger charge is -2.24. The summed E-state index contributed by atoms with van der Waals surface area (Å²) in [7, 11) is 4.09. The molecule has 3 nitrogen and oxygen atoms in total. The van der Waals surface area contributed by atoms with Crippen molar-refractivity contribution in [1.82, 2.24) is 4.90 Å². The Kier molecular flexibility index (Phi) is 46.9. The largest absolute Gasteiger partial charge is 0.382 e. The molecule has 0 saturated heterocycles. The monoisotopic (exact) mass is 736 g/mol. The lowest BCUT2D eigenvalue weighted by atomic mass is 9.93. The van der Waals surface area contributed by atoms with Gasteiger partial charge in [-0.2, -0.15) is 0 Å². The molecule has 0 amide bonds. The SMILES string of the molecule is CCCCCCCCCCCCCCCCCCCCC(CCCCCCCCCCCCCCCCCCCC)CN(C)CCCOCCOC. The van der Waals surface area contributed by atoms with E-state index in [2.05, 4.69) is 25.8 Å². The van der Waals surface area contributed by atoms with Crippen molar-refractivity contribution in [2.45, 2.75) is 264 Å². The molecule has 0 aliphatic rings. The standard InChI is InChI=1S/C49H101NO2/c1-5-7-9-11-13-15-17-19-21-23-25-27-29-31-33-35-37-39-42-49(48-50(3)44-41-45-52-47-46-51-4)43-40-38-36-34-32-30-28-26-24-22-20-18-16-14-12-10-8-6-2/h49H,5-48H2,1-4H3. The van der Waals surface area contributed by atoms with Crippen LogP contribution >= 0.6 is 0 Å². The van der Waals surface area contributed by atoms with Crippen molar-refractivity contribution >= 4 is 0 Å². The van der Waals surface area contributed by atoms with E-state index in [0.29, 0.717) is 6.61 Å². The summed E-state index contributed by atoms with van der Waals surface area (Å²) in [5.41, 5.74) is 0. The van der Waals surface area contributed by atoms with Crippen molar-refractivity contribution < 1.29 is 9.47 Å². The zero-order valence-corrected chi connectivity index (χ0v) is 37.0. The lowest BCUT2D eigenvalue weighted by Crippen LogP contribution is -2.27. The van der Waals surface area contributed by atoms with Gasteiger partial charge in [0.05, 0.1) is 13.2 Å². The van der Waals surface area contributed by atoms with E-state index in [9.17, 15) is 0 Å². The highest BCUT2D eigenvalue weighted by atomic mass is 16.5. The zero-order valence-electron chi connectivity index (χ0n) is 37.0. The molecule has 0 heterocycles. The van der Waals surface area contributed by atoms with Crippen LogP contribution in [0.25, 0.3) is 0 Å². The van der Waals surface area contributed by atoms with E-state index in [1.807, 2.05) is 0 Å². The molecule has 0 radical (unpaired) electrons. The molecule has 3 heteroatoms. The Morgan fingerprint density at radius 3 is 0.923 bits per heavy atom. The first-order valence-corrected chi connectivity index (χ1v) is 24.5. The zero-order chi connectivity index (χ0) is 37.7. The Bertz CT molecular complexity index is 572. The summed E-state index contributed by atoms with van der Waals surface area (Å²) in [6.45, 7) is 9.34. The average molecular weight is 736 g/mol. The highest BCUT2D eigenvalue weighted by molar-refractivity contribution is 4.66. The van der Waals surface area contributed by atoms with Crippen LogP contribution in [0.5, 0.6) is 0 Å². The number of methoxy groups -OCH3 is 1. The van der Waals surface area contributed by atoms with Crippen molar-refractivity contribution in [3.05, 3.63) is 0 Å². The van der Waals surface area contributed by atoms with E-state index in [1.54, 1.807) is 7.11 Å². The van der Waals surface area contributed by atoms with Gasteiger partial charge in [-0.1, -0.05) is 245 Å². The Labute approximate surface area is 330 Å². The Hall–Kier alpha value is -0.120. The van der Waals surface area contributed by atoms with Crippen molar-refractivity contribution in [2.24, 2.45) is 5.92 Å². The van der Waals surface area contributed by atoms with Crippen LogP contribution in [0.3, 0.4) is 0 Å². The summed E-state index contributed by atoms with van der Waals surface area (Å²) in [6, 6.07) is 0. The molecule has 0 fully saturated rings. The van der Waals surface area contributed by atoms with Crippen molar-refractivity contribution in [3.63, 3.8) is 0 Å². The highest BCUT2D eigenvalue weighted by Gasteiger charge is 2.12. The third-order valence-electron chi connectivity index (χ3n) is 11.8. The number of nitrogens with zero attached hydrogens (tertiary/aromatic N) is 1. The molecule has 0 spiro atoms. The van der Waals surface area contributed by atoms with Crippen LogP contribution in [-0.4, -0.2) is 52.0 Å². The topological polar surface area (TPSA) is 21.7 Å². The lowest BCUT2D eigenvalue weighted by molar-refractivity contribution is 0.0655. The van der Waals surface area contributed by atoms with Crippen LogP contribution in [0.4, 0.5) is 0 Å². The summed E-state index contributed by atoms with van der Waals surface area (Å²) in [5.74, 6) is 0.876. The van der Waals surface area contributed by atoms with E-state index in [1.165, 1.54) is 251 Å². The normalized spacial score (nSPS) is 11.9. The van der Waals surface area contributed by atoms with Gasteiger partial charge in [-0.05, 0) is 32.2 Å². The minimum Gasteiger partial charge on any atom is -0.382 e. The number of ether oxygens (including phenoxy) is 2. The van der Waals surface area contributed by atoms with Crippen LogP contribution in [0.15, 0.2) is 0 Å². The highest BCUT2D eigenvalue weighted by Crippen LogP contribution is 2.22. The molecule has 52 heavy (non-hydrogen) atoms. The molecule has 0 aromatic rings. The van der Waals surface area contributed by atoms with Gasteiger partial charge in [-0.15, -0.1) is 0 Å². The molecule has 314 valence electrons. The van der Waals surface area contributed by atoms with Gasteiger partial charge in [0, 0.05) is 26.8 Å². The maximum Gasteiger partial charge on any atom is 0.0700 e. The molecular weight excluding hydrogens is 635 g/mol. The van der Waals surface area contributed by atoms with Crippen LogP contribution in [0.1, 0.15) is 264 Å². The van der Waals surface area contributed by atoms with Crippen molar-refractivity contribution in [1.29, 1.82) is 0 Å². The summed E-state index contributed by atoms with van der Waals surface area (Å²) >= 11 is 0. The van der Waals surface area contributed by atoms with Crippen LogP contribution < -0.4 is 0 Å². The first-order valence-electron chi connectivity index (χ1n) is 24.5. The summed E-state index contributed by atoms with van der Waals surface area (Å²) in [5, 5.41) is 0. The fourth-order valence-electron chi connectivity index (χ4n) is 8.21. The maximum absolute atomic E-state index is 5.72. The quantitative estimate of drug-likeness (QED) is 0.0581. The van der Waals surface area contributed by atoms with Crippen LogP contribution in [0.2, 0.25) is 0 Å². The van der Waals surface area contributed by atoms with E-state index < -0.39 is 0 Å². The average Bonchev–Trinajstić information content (AvgIpc) is 3.15. The number of unbranched alkanes of at least 4 members (excludes halogenated alkanes) is 34. The first-order chi connectivity index (χ1) is 25.7. The fraction of sp³-hybridized carbons (Fsp3) is 1.00. The number of rotatable bonds is 47. The molecule has 0 rings (SSSR count). The Morgan fingerprint density at radius 2 is 0.635 bits per heavy atom. The second-order valence-electron chi connectivity index (χ2n) is 17.2. The van der Waals surface area contributed by atoms with Crippen molar-refractivity contribution in [3.8, 4) is 0 Å². The van der Waals surface area contributed by atoms with Gasteiger partial charge in [0.15, 0.2) is 0 Å². The first kappa shape index (κ1) is 51.9. The summed E-state index contributed by atoms with van der Waals surface area (Å²) < 4.78 is 10.8. The Morgan fingerprint density at radius 1 is 0.346 bits per heavy atom. The number of hydrogen-bond acceptors (Lipinski definition) is 3. The van der Waals surface area contributed by atoms with E-state index >= 15 is 0 Å². The summed E-state index contributed by atoms with van der Waals surface area (Å²) in [6.07, 6.45) is 56.6. The summed E-state index contributed by atoms with van der Waals surface area (Å²) in [4.78, 5) is 2.59. The molecule has 0 aliphatic heterocycles. The van der Waals surface area contributed by atoms with Gasteiger partial charge in [-0.25, -0.2) is 0 Å². The molecule has 0 saturated carbocycles. The second-order valence-corrected chi connectivity index (χ2v) is 17.2. The van der Waals surface area contributed by atoms with Crippen LogP contribution in [0, 0.1) is 5.92 Å². The third kappa shape index (κ3) is 44.3. The Balaban J connectivity index is 3.89. The maximum atomic E-state index is 5.72. The molecule has 0 atom stereocenters. The van der Waals surface area contributed by atoms with Gasteiger partial charge in [0.2, 0.25) is 0 Å². The predicted molar refractivity (Wildman–Crippen MR) is 235 cm³/mol. The van der Waals surface area contributed by atoms with E-state index in [-0.39, 0.29) is 0 Å². The van der Waals surface area contributed by atoms with Gasteiger partial charge < -0.3 is 14.4 Å². The molecule has 0 bridgehead atoms. The molecule has 0 aromatic carbocycles. The molecule has 0 N–H and O–H groups in total. The number of hydrogen-bond donors (Lipinski definition) is 0. The third-order valence-corrected chi connectivity index (χ3v) is 11.8. The van der Waals surface area contributed by atoms with E-state index in [0.717, 1.165) is 32.1 Å². The smallest absolute Gasteiger partial charge is 0.0700 e. The van der Waals surface area contributed by atoms with Gasteiger partial charge in [-0.3, -0.25) is 0 Å². The minimum absolute atomic E-state index is 0.705. The molecule has 0 aliphatic carbocycles.